The smallest absolute Gasteiger partial charge is 0.406 e. The molecule has 0 aromatic heterocycles. The first kappa shape index (κ1) is 37.0. The van der Waals surface area contributed by atoms with Crippen molar-refractivity contribution in [3.63, 3.8) is 0 Å². The Balaban J connectivity index is 0.947. The molecule has 2 aromatic rings. The molecule has 3 saturated heterocycles. The Morgan fingerprint density at radius 3 is 1.20 bits per heavy atom. The second-order valence-corrected chi connectivity index (χ2v) is 12.5. The van der Waals surface area contributed by atoms with Crippen molar-refractivity contribution in [2.75, 3.05) is 78.5 Å². The van der Waals surface area contributed by atoms with Gasteiger partial charge in [-0.2, -0.15) is 0 Å². The number of benzene rings is 2. The van der Waals surface area contributed by atoms with E-state index in [1.165, 1.54) is 24.3 Å². The molecule has 3 aliphatic rings. The fourth-order valence-corrected chi connectivity index (χ4v) is 6.25. The molecule has 11 nitrogen and oxygen atoms in total. The van der Waals surface area contributed by atoms with E-state index in [-0.39, 0.29) is 55.3 Å². The van der Waals surface area contributed by atoms with Crippen molar-refractivity contribution in [2.24, 2.45) is 0 Å². The summed E-state index contributed by atoms with van der Waals surface area (Å²) in [7, 11) is 0. The van der Waals surface area contributed by atoms with Gasteiger partial charge in [0.25, 0.3) is 0 Å². The maximum Gasteiger partial charge on any atom is 0.573 e. The standard InChI is InChI=1S/C33H40F6N6O5/c34-32(35,36)49-27-5-1-25(2-6-27)23-40-13-17-42(18-14-40)29(46)9-11-44-21-22-45(31(44)48)12-10-30(47)43-19-15-41(16-20-43)24-26-3-7-28(8-4-26)50-33(37,38)39/h1-8H,9-24H2. The number of carbonyl (C=O) groups is 3. The summed E-state index contributed by atoms with van der Waals surface area (Å²) in [5.41, 5.74) is 1.67. The second-order valence-electron chi connectivity index (χ2n) is 12.5. The number of halogens is 6. The van der Waals surface area contributed by atoms with E-state index in [9.17, 15) is 40.7 Å². The Morgan fingerprint density at radius 2 is 0.880 bits per heavy atom. The highest BCUT2D eigenvalue weighted by Crippen LogP contribution is 2.25. The van der Waals surface area contributed by atoms with E-state index >= 15 is 0 Å². The molecule has 0 N–H and O–H groups in total. The van der Waals surface area contributed by atoms with E-state index in [4.69, 9.17) is 0 Å². The number of amides is 4. The predicted molar refractivity (Wildman–Crippen MR) is 168 cm³/mol. The molecule has 3 fully saturated rings. The van der Waals surface area contributed by atoms with Crippen LogP contribution >= 0.6 is 0 Å². The van der Waals surface area contributed by atoms with Crippen molar-refractivity contribution >= 4 is 17.8 Å². The van der Waals surface area contributed by atoms with Gasteiger partial charge in [0.2, 0.25) is 11.8 Å². The van der Waals surface area contributed by atoms with Crippen molar-refractivity contribution in [1.29, 1.82) is 0 Å². The molecule has 0 unspecified atom stereocenters. The minimum absolute atomic E-state index is 0.0497. The van der Waals surface area contributed by atoms with Crippen LogP contribution in [0.4, 0.5) is 31.1 Å². The SMILES string of the molecule is O=C(CCN1CCN(CCC(=O)N2CCN(Cc3ccc(OC(F)(F)F)cc3)CC2)C1=O)N1CCN(Cc2ccc(OC(F)(F)F)cc2)CC1. The number of carbonyl (C=O) groups excluding carboxylic acids is 3. The number of hydrogen-bond acceptors (Lipinski definition) is 7. The molecular formula is C33H40F6N6O5. The molecule has 4 amide bonds. The van der Waals surface area contributed by atoms with Gasteiger partial charge in [-0.15, -0.1) is 26.3 Å². The molecule has 0 spiro atoms. The summed E-state index contributed by atoms with van der Waals surface area (Å²) >= 11 is 0. The van der Waals surface area contributed by atoms with Crippen LogP contribution in [0.25, 0.3) is 0 Å². The van der Waals surface area contributed by atoms with Gasteiger partial charge in [0.05, 0.1) is 0 Å². The lowest BCUT2D eigenvalue weighted by Crippen LogP contribution is -2.49. The van der Waals surface area contributed by atoms with Gasteiger partial charge >= 0.3 is 18.8 Å². The van der Waals surface area contributed by atoms with Gasteiger partial charge in [-0.05, 0) is 35.4 Å². The van der Waals surface area contributed by atoms with Crippen molar-refractivity contribution < 1.29 is 50.2 Å². The van der Waals surface area contributed by atoms with Gasteiger partial charge < -0.3 is 29.1 Å². The van der Waals surface area contributed by atoms with Crippen LogP contribution in [0.3, 0.4) is 0 Å². The number of hydrogen-bond donors (Lipinski definition) is 0. The molecule has 0 saturated carbocycles. The Hall–Kier alpha value is -4.25. The zero-order chi connectivity index (χ0) is 35.9. The van der Waals surface area contributed by atoms with Gasteiger partial charge in [-0.3, -0.25) is 19.4 Å². The highest BCUT2D eigenvalue weighted by Gasteiger charge is 2.33. The first-order valence-electron chi connectivity index (χ1n) is 16.4. The number of ether oxygens (including phenoxy) is 2. The lowest BCUT2D eigenvalue weighted by atomic mass is 10.2. The molecule has 17 heteroatoms. The lowest BCUT2D eigenvalue weighted by Gasteiger charge is -2.35. The van der Waals surface area contributed by atoms with E-state index in [1.54, 1.807) is 43.9 Å². The number of rotatable bonds is 12. The zero-order valence-electron chi connectivity index (χ0n) is 27.4. The summed E-state index contributed by atoms with van der Waals surface area (Å²) in [5, 5.41) is 0. The molecular weight excluding hydrogens is 674 g/mol. The number of urea groups is 1. The molecule has 0 bridgehead atoms. The molecule has 50 heavy (non-hydrogen) atoms. The summed E-state index contributed by atoms with van der Waals surface area (Å²) in [6, 6.07) is 11.3. The highest BCUT2D eigenvalue weighted by molar-refractivity contribution is 5.81. The van der Waals surface area contributed by atoms with Crippen molar-refractivity contribution in [2.45, 2.75) is 38.7 Å². The van der Waals surface area contributed by atoms with Crippen LogP contribution in [0.1, 0.15) is 24.0 Å². The molecule has 2 aromatic carbocycles. The molecule has 274 valence electrons. The summed E-state index contributed by atoms with van der Waals surface area (Å²) < 4.78 is 82.1. The first-order chi connectivity index (χ1) is 23.7. The van der Waals surface area contributed by atoms with Crippen molar-refractivity contribution in [3.8, 4) is 11.5 Å². The highest BCUT2D eigenvalue weighted by atomic mass is 19.4. The molecule has 0 atom stereocenters. The number of piperazine rings is 2. The minimum atomic E-state index is -4.74. The fraction of sp³-hybridized carbons (Fsp3) is 0.545. The van der Waals surface area contributed by atoms with Gasteiger partial charge in [-0.1, -0.05) is 24.3 Å². The minimum Gasteiger partial charge on any atom is -0.406 e. The van der Waals surface area contributed by atoms with E-state index in [0.29, 0.717) is 78.5 Å². The number of alkyl halides is 6. The largest absolute Gasteiger partial charge is 0.573 e. The summed E-state index contributed by atoms with van der Waals surface area (Å²) in [6.07, 6.45) is -9.10. The van der Waals surface area contributed by atoms with Crippen LogP contribution in [0.15, 0.2) is 48.5 Å². The van der Waals surface area contributed by atoms with Crippen molar-refractivity contribution in [1.82, 2.24) is 29.4 Å². The van der Waals surface area contributed by atoms with Crippen LogP contribution < -0.4 is 9.47 Å². The van der Waals surface area contributed by atoms with Gasteiger partial charge in [0, 0.05) is 104 Å². The third-order valence-electron chi connectivity index (χ3n) is 8.95. The Kier molecular flexibility index (Phi) is 12.0. The predicted octanol–water partition coefficient (Wildman–Crippen LogP) is 3.99. The zero-order valence-corrected chi connectivity index (χ0v) is 27.4. The average Bonchev–Trinajstić information content (AvgIpc) is 3.42. The van der Waals surface area contributed by atoms with Gasteiger partial charge in [-0.25, -0.2) is 4.79 Å². The lowest BCUT2D eigenvalue weighted by molar-refractivity contribution is -0.275. The third-order valence-corrected chi connectivity index (χ3v) is 8.95. The normalized spacial score (nSPS) is 18.2. The topological polar surface area (TPSA) is 89.1 Å². The van der Waals surface area contributed by atoms with Crippen LogP contribution in [0.5, 0.6) is 11.5 Å². The third kappa shape index (κ3) is 11.1. The van der Waals surface area contributed by atoms with Crippen LogP contribution in [-0.4, -0.2) is 139 Å². The summed E-state index contributed by atoms with van der Waals surface area (Å²) in [5.74, 6) is -0.647. The Labute approximate surface area is 285 Å². The van der Waals surface area contributed by atoms with Crippen LogP contribution in [0, 0.1) is 0 Å². The Morgan fingerprint density at radius 1 is 0.540 bits per heavy atom. The molecule has 5 rings (SSSR count). The molecule has 0 radical (unpaired) electrons. The molecule has 3 heterocycles. The summed E-state index contributed by atoms with van der Waals surface area (Å²) in [6.45, 7) is 7.11. The van der Waals surface area contributed by atoms with E-state index in [1.807, 2.05) is 0 Å². The average molecular weight is 715 g/mol. The maximum atomic E-state index is 13.0. The maximum absolute atomic E-state index is 13.0. The van der Waals surface area contributed by atoms with Gasteiger partial charge in [0.15, 0.2) is 0 Å². The Bertz CT molecular complexity index is 1340. The van der Waals surface area contributed by atoms with Gasteiger partial charge in [0.1, 0.15) is 11.5 Å². The first-order valence-corrected chi connectivity index (χ1v) is 16.4. The summed E-state index contributed by atoms with van der Waals surface area (Å²) in [4.78, 5) is 49.8. The second kappa shape index (κ2) is 16.2. The molecule has 3 aliphatic heterocycles. The molecule has 0 aliphatic carbocycles. The van der Waals surface area contributed by atoms with E-state index in [0.717, 1.165) is 11.1 Å². The van der Waals surface area contributed by atoms with Crippen LogP contribution in [0.2, 0.25) is 0 Å². The van der Waals surface area contributed by atoms with Crippen LogP contribution in [-0.2, 0) is 22.7 Å². The van der Waals surface area contributed by atoms with E-state index in [2.05, 4.69) is 19.3 Å². The van der Waals surface area contributed by atoms with Crippen molar-refractivity contribution in [3.05, 3.63) is 59.7 Å². The number of nitrogens with zero attached hydrogens (tertiary/aromatic N) is 6. The monoisotopic (exact) mass is 714 g/mol. The fourth-order valence-electron chi connectivity index (χ4n) is 6.25. The quantitative estimate of drug-likeness (QED) is 0.308. The van der Waals surface area contributed by atoms with E-state index < -0.39 is 12.7 Å².